The molecular weight excluding hydrogens is 493 g/mol. The normalized spacial score (nSPS) is 10.5. The van der Waals surface area contributed by atoms with Crippen LogP contribution in [-0.2, 0) is 0 Å². The molecule has 2 aromatic carbocycles. The van der Waals surface area contributed by atoms with Crippen molar-refractivity contribution in [2.45, 2.75) is 0 Å². The highest BCUT2D eigenvalue weighted by molar-refractivity contribution is 14.1. The molecule has 0 aliphatic heterocycles. The minimum absolute atomic E-state index is 0.182. The van der Waals surface area contributed by atoms with E-state index in [2.05, 4.69) is 38.2 Å². The number of methoxy groups -OCH3 is 1. The number of rotatable bonds is 3. The first-order chi connectivity index (χ1) is 12.0. The van der Waals surface area contributed by atoms with E-state index in [0.717, 1.165) is 13.8 Å². The predicted molar refractivity (Wildman–Crippen MR) is 114 cm³/mol. The summed E-state index contributed by atoms with van der Waals surface area (Å²) in [6.07, 6.45) is 0. The van der Waals surface area contributed by atoms with E-state index in [-0.39, 0.29) is 11.0 Å². The van der Waals surface area contributed by atoms with Gasteiger partial charge in [0, 0.05) is 9.64 Å². The summed E-state index contributed by atoms with van der Waals surface area (Å²) in [5.74, 6) is 0.312. The first-order valence-electron chi connectivity index (χ1n) is 6.99. The Kier molecular flexibility index (Phi) is 5.72. The van der Waals surface area contributed by atoms with E-state index in [4.69, 9.17) is 28.6 Å². The van der Waals surface area contributed by atoms with Gasteiger partial charge in [-0.2, -0.15) is 0 Å². The first kappa shape index (κ1) is 18.3. The number of hydrogen-bond acceptors (Lipinski definition) is 5. The maximum atomic E-state index is 12.3. The van der Waals surface area contributed by atoms with Crippen LogP contribution >= 0.6 is 57.7 Å². The van der Waals surface area contributed by atoms with E-state index in [9.17, 15) is 4.79 Å². The van der Waals surface area contributed by atoms with Gasteiger partial charge in [0.05, 0.1) is 27.9 Å². The number of carbonyl (C=O) groups excluding carboxylic acids is 1. The molecule has 0 radical (unpaired) electrons. The van der Waals surface area contributed by atoms with Gasteiger partial charge in [-0.1, -0.05) is 35.1 Å². The number of aromatic nitrogens is 1. The predicted octanol–water partition coefficient (Wildman–Crippen LogP) is 4.69. The van der Waals surface area contributed by atoms with Gasteiger partial charge in [-0.3, -0.25) is 10.1 Å². The zero-order valence-electron chi connectivity index (χ0n) is 12.8. The minimum atomic E-state index is -0.270. The fraction of sp³-hybridized carbons (Fsp3) is 0.0625. The minimum Gasteiger partial charge on any atom is -0.495 e. The quantitative estimate of drug-likeness (QED) is 0.401. The lowest BCUT2D eigenvalue weighted by molar-refractivity contribution is 0.0977. The average Bonchev–Trinajstić information content (AvgIpc) is 2.94. The van der Waals surface area contributed by atoms with E-state index in [1.165, 1.54) is 11.3 Å². The van der Waals surface area contributed by atoms with Gasteiger partial charge in [-0.15, -0.1) is 0 Å². The monoisotopic (exact) mass is 503 g/mol. The third kappa shape index (κ3) is 4.20. The van der Waals surface area contributed by atoms with Gasteiger partial charge in [0.15, 0.2) is 10.2 Å². The van der Waals surface area contributed by atoms with Crippen LogP contribution in [-0.4, -0.2) is 23.1 Å². The van der Waals surface area contributed by atoms with Crippen LogP contribution in [0.4, 0.5) is 5.13 Å². The van der Waals surface area contributed by atoms with Crippen LogP contribution in [0.5, 0.6) is 5.75 Å². The molecule has 25 heavy (non-hydrogen) atoms. The third-order valence-corrected chi connectivity index (χ3v) is 5.60. The van der Waals surface area contributed by atoms with Crippen molar-refractivity contribution in [2.75, 3.05) is 12.4 Å². The van der Waals surface area contributed by atoms with Crippen LogP contribution in [0.15, 0.2) is 36.4 Å². The largest absolute Gasteiger partial charge is 0.495 e. The van der Waals surface area contributed by atoms with Crippen LogP contribution < -0.4 is 15.4 Å². The molecule has 9 heteroatoms. The number of nitrogens with zero attached hydrogens (tertiary/aromatic N) is 1. The van der Waals surface area contributed by atoms with E-state index < -0.39 is 0 Å². The number of ether oxygens (including phenoxy) is 1. The number of fused-ring (bicyclic) bond motifs is 1. The lowest BCUT2D eigenvalue weighted by Gasteiger charge is -2.08. The zero-order valence-corrected chi connectivity index (χ0v) is 17.3. The first-order valence-corrected chi connectivity index (χ1v) is 9.67. The Hall–Kier alpha value is -1.49. The highest BCUT2D eigenvalue weighted by Crippen LogP contribution is 2.34. The molecule has 0 spiro atoms. The topological polar surface area (TPSA) is 63.2 Å². The molecule has 1 amide bonds. The molecular formula is C16H11ClIN3O2S2. The lowest BCUT2D eigenvalue weighted by atomic mass is 10.2. The molecule has 3 aromatic rings. The van der Waals surface area contributed by atoms with E-state index in [1.807, 2.05) is 18.2 Å². The standard InChI is InChI=1S/C16H11ClIN3O2S2/c1-23-12-7-13-11(6-9(12)17)19-16(25-13)21-15(24)20-14(22)8-4-2-3-5-10(8)18/h2-7H,1H3,(H2,19,20,21,22,24). The maximum Gasteiger partial charge on any atom is 0.258 e. The molecule has 3 rings (SSSR count). The summed E-state index contributed by atoms with van der Waals surface area (Å²) < 4.78 is 6.95. The lowest BCUT2D eigenvalue weighted by Crippen LogP contribution is -2.34. The van der Waals surface area contributed by atoms with Gasteiger partial charge >= 0.3 is 0 Å². The van der Waals surface area contributed by atoms with Gasteiger partial charge < -0.3 is 10.1 Å². The summed E-state index contributed by atoms with van der Waals surface area (Å²) in [5, 5.41) is 6.82. The average molecular weight is 504 g/mol. The van der Waals surface area contributed by atoms with Gasteiger partial charge in [0.2, 0.25) is 0 Å². The Balaban J connectivity index is 1.74. The molecule has 0 saturated carbocycles. The summed E-state index contributed by atoms with van der Waals surface area (Å²) in [6.45, 7) is 0. The third-order valence-electron chi connectivity index (χ3n) is 3.23. The molecule has 0 unspecified atom stereocenters. The molecule has 2 N–H and O–H groups in total. The Labute approximate surface area is 171 Å². The van der Waals surface area contributed by atoms with Crippen molar-refractivity contribution in [1.82, 2.24) is 10.3 Å². The van der Waals surface area contributed by atoms with Crippen molar-refractivity contribution in [3.05, 3.63) is 50.6 Å². The second kappa shape index (κ2) is 7.81. The van der Waals surface area contributed by atoms with Crippen molar-refractivity contribution in [2.24, 2.45) is 0 Å². The number of amides is 1. The van der Waals surface area contributed by atoms with Crippen LogP contribution in [0.25, 0.3) is 10.2 Å². The SMILES string of the molecule is COc1cc2sc(NC(=S)NC(=O)c3ccccc3I)nc2cc1Cl. The number of thiazole rings is 1. The second-order valence-electron chi connectivity index (χ2n) is 4.86. The number of hydrogen-bond donors (Lipinski definition) is 2. The highest BCUT2D eigenvalue weighted by Gasteiger charge is 2.13. The van der Waals surface area contributed by atoms with Crippen molar-refractivity contribution in [1.29, 1.82) is 0 Å². The maximum absolute atomic E-state index is 12.3. The summed E-state index contributed by atoms with van der Waals surface area (Å²) in [6, 6.07) is 10.8. The van der Waals surface area contributed by atoms with Crippen LogP contribution in [0.2, 0.25) is 5.02 Å². The molecule has 0 aliphatic carbocycles. The molecule has 1 heterocycles. The fourth-order valence-corrected chi connectivity index (χ4v) is 4.09. The summed E-state index contributed by atoms with van der Waals surface area (Å²) in [4.78, 5) is 16.7. The Bertz CT molecular complexity index is 977. The molecule has 1 aromatic heterocycles. The number of halogens is 2. The zero-order chi connectivity index (χ0) is 18.0. The van der Waals surface area contributed by atoms with E-state index >= 15 is 0 Å². The number of nitrogens with one attached hydrogen (secondary N) is 2. The van der Waals surface area contributed by atoms with E-state index in [1.54, 1.807) is 25.3 Å². The van der Waals surface area contributed by atoms with Gasteiger partial charge in [0.1, 0.15) is 5.75 Å². The highest BCUT2D eigenvalue weighted by atomic mass is 127. The number of thiocarbonyl (C=S) groups is 1. The number of benzene rings is 2. The molecule has 0 fully saturated rings. The smallest absolute Gasteiger partial charge is 0.258 e. The fourth-order valence-electron chi connectivity index (χ4n) is 2.08. The molecule has 0 bridgehead atoms. The van der Waals surface area contributed by atoms with Crippen molar-refractivity contribution < 1.29 is 9.53 Å². The molecule has 5 nitrogen and oxygen atoms in total. The molecule has 0 saturated heterocycles. The van der Waals surface area contributed by atoms with Crippen LogP contribution in [0.3, 0.4) is 0 Å². The second-order valence-corrected chi connectivity index (χ2v) is 7.87. The van der Waals surface area contributed by atoms with Gasteiger partial charge in [-0.25, -0.2) is 4.98 Å². The van der Waals surface area contributed by atoms with E-state index in [0.29, 0.717) is 21.5 Å². The van der Waals surface area contributed by atoms with Gasteiger partial charge in [0.25, 0.3) is 5.91 Å². The Morgan fingerprint density at radius 1 is 1.36 bits per heavy atom. The van der Waals surface area contributed by atoms with Crippen LogP contribution in [0, 0.1) is 3.57 Å². The molecule has 0 atom stereocenters. The summed E-state index contributed by atoms with van der Waals surface area (Å²) in [7, 11) is 1.56. The van der Waals surface area contributed by atoms with Crippen LogP contribution in [0.1, 0.15) is 10.4 Å². The number of carbonyl (C=O) groups is 1. The summed E-state index contributed by atoms with van der Waals surface area (Å²) in [5.41, 5.74) is 1.29. The summed E-state index contributed by atoms with van der Waals surface area (Å²) >= 11 is 14.8. The van der Waals surface area contributed by atoms with Crippen molar-refractivity contribution >= 4 is 84.1 Å². The van der Waals surface area contributed by atoms with Crippen molar-refractivity contribution in [3.63, 3.8) is 0 Å². The number of anilines is 1. The molecule has 0 aliphatic rings. The Morgan fingerprint density at radius 3 is 2.84 bits per heavy atom. The van der Waals surface area contributed by atoms with Gasteiger partial charge in [-0.05, 0) is 53.0 Å². The Morgan fingerprint density at radius 2 is 2.12 bits per heavy atom. The van der Waals surface area contributed by atoms with Crippen molar-refractivity contribution in [3.8, 4) is 5.75 Å². The molecule has 128 valence electrons.